The summed E-state index contributed by atoms with van der Waals surface area (Å²) >= 11 is 0. The minimum absolute atomic E-state index is 0.274. The van der Waals surface area contributed by atoms with Gasteiger partial charge < -0.3 is 18.9 Å². The van der Waals surface area contributed by atoms with Gasteiger partial charge in [0.2, 0.25) is 0 Å². The summed E-state index contributed by atoms with van der Waals surface area (Å²) in [5, 5.41) is 0. The molecule has 0 heterocycles. The van der Waals surface area contributed by atoms with Crippen molar-refractivity contribution in [1.82, 2.24) is 0 Å². The molecule has 0 aliphatic heterocycles. The largest absolute Gasteiger partial charge is 0.466 e. The first-order chi connectivity index (χ1) is 15.0. The molecule has 2 rings (SSSR count). The zero-order chi connectivity index (χ0) is 22.5. The minimum atomic E-state index is -0.669. The van der Waals surface area contributed by atoms with Crippen LogP contribution in [-0.2, 0) is 41.8 Å². The Morgan fingerprint density at radius 3 is 2.06 bits per heavy atom. The van der Waals surface area contributed by atoms with E-state index < -0.39 is 18.0 Å². The maximum absolute atomic E-state index is 11.6. The number of hydrogen-bond donors (Lipinski definition) is 0. The fourth-order valence-corrected chi connectivity index (χ4v) is 2.96. The third-order valence-corrected chi connectivity index (χ3v) is 4.73. The quantitative estimate of drug-likeness (QED) is 0.376. The van der Waals surface area contributed by atoms with E-state index in [2.05, 4.69) is 4.74 Å². The van der Waals surface area contributed by atoms with Crippen LogP contribution in [0.1, 0.15) is 25.0 Å². The maximum Gasteiger partial charge on any atom is 0.330 e. The van der Waals surface area contributed by atoms with Crippen LogP contribution in [0.15, 0.2) is 72.8 Å². The Morgan fingerprint density at radius 2 is 1.52 bits per heavy atom. The molecule has 2 aromatic rings. The summed E-state index contributed by atoms with van der Waals surface area (Å²) in [4.78, 5) is 23.2. The van der Waals surface area contributed by atoms with Crippen LogP contribution < -0.4 is 0 Å². The van der Waals surface area contributed by atoms with E-state index in [9.17, 15) is 9.59 Å². The van der Waals surface area contributed by atoms with E-state index in [-0.39, 0.29) is 12.0 Å². The highest BCUT2D eigenvalue weighted by Gasteiger charge is 2.28. The van der Waals surface area contributed by atoms with E-state index in [4.69, 9.17) is 14.2 Å². The average molecular weight is 427 g/mol. The molecule has 6 heteroatoms. The molecule has 0 aromatic heterocycles. The Labute approximate surface area is 183 Å². The predicted molar refractivity (Wildman–Crippen MR) is 117 cm³/mol. The van der Waals surface area contributed by atoms with E-state index in [0.29, 0.717) is 19.8 Å². The lowest BCUT2D eigenvalue weighted by molar-refractivity contribution is -0.151. The summed E-state index contributed by atoms with van der Waals surface area (Å²) < 4.78 is 22.1. The summed E-state index contributed by atoms with van der Waals surface area (Å²) in [7, 11) is 1.29. The molecule has 31 heavy (non-hydrogen) atoms. The first-order valence-electron chi connectivity index (χ1n) is 10.2. The number of benzene rings is 2. The number of ether oxygens (including phenoxy) is 4. The van der Waals surface area contributed by atoms with Crippen LogP contribution >= 0.6 is 0 Å². The van der Waals surface area contributed by atoms with Gasteiger partial charge in [-0.2, -0.15) is 0 Å². The van der Waals surface area contributed by atoms with Crippen LogP contribution in [0.2, 0.25) is 0 Å². The van der Waals surface area contributed by atoms with E-state index in [1.807, 2.05) is 67.6 Å². The highest BCUT2D eigenvalue weighted by atomic mass is 16.6. The van der Waals surface area contributed by atoms with Gasteiger partial charge in [0.15, 0.2) is 0 Å². The van der Waals surface area contributed by atoms with Crippen molar-refractivity contribution in [3.05, 3.63) is 83.9 Å². The van der Waals surface area contributed by atoms with Crippen molar-refractivity contribution in [3.63, 3.8) is 0 Å². The summed E-state index contributed by atoms with van der Waals surface area (Å²) in [6.45, 7) is 4.36. The van der Waals surface area contributed by atoms with E-state index >= 15 is 0 Å². The minimum Gasteiger partial charge on any atom is -0.466 e. The number of carbonyl (C=O) groups is 2. The first kappa shape index (κ1) is 24.3. The molecule has 3 atom stereocenters. The molecule has 0 fully saturated rings. The lowest BCUT2D eigenvalue weighted by atomic mass is 9.97. The fraction of sp³-hybridized carbons (Fsp3) is 0.360. The molecule has 0 saturated carbocycles. The van der Waals surface area contributed by atoms with Crippen molar-refractivity contribution >= 4 is 11.9 Å². The molecule has 0 N–H and O–H groups in total. The van der Waals surface area contributed by atoms with Gasteiger partial charge in [-0.1, -0.05) is 67.6 Å². The Hall–Kier alpha value is -2.96. The topological polar surface area (TPSA) is 71.1 Å². The predicted octanol–water partition coefficient (Wildman–Crippen LogP) is 4.09. The molecule has 0 unspecified atom stereocenters. The van der Waals surface area contributed by atoms with Gasteiger partial charge in [-0.25, -0.2) is 4.79 Å². The van der Waals surface area contributed by atoms with Crippen molar-refractivity contribution in [3.8, 4) is 0 Å². The monoisotopic (exact) mass is 426 g/mol. The van der Waals surface area contributed by atoms with Gasteiger partial charge in [0.1, 0.15) is 6.10 Å². The summed E-state index contributed by atoms with van der Waals surface area (Å²) in [5.41, 5.74) is 2.08. The summed E-state index contributed by atoms with van der Waals surface area (Å²) in [6.07, 6.45) is 1.73. The summed E-state index contributed by atoms with van der Waals surface area (Å²) in [5.74, 6) is -1.24. The smallest absolute Gasteiger partial charge is 0.330 e. The second-order valence-corrected chi connectivity index (χ2v) is 7.15. The summed E-state index contributed by atoms with van der Waals surface area (Å²) in [6, 6.07) is 19.6. The van der Waals surface area contributed by atoms with Crippen molar-refractivity contribution in [2.24, 2.45) is 5.92 Å². The van der Waals surface area contributed by atoms with Crippen molar-refractivity contribution in [2.45, 2.75) is 39.3 Å². The van der Waals surface area contributed by atoms with Gasteiger partial charge in [0.05, 0.1) is 33.0 Å². The van der Waals surface area contributed by atoms with Crippen molar-refractivity contribution in [1.29, 1.82) is 0 Å². The van der Waals surface area contributed by atoms with Crippen LogP contribution in [0.4, 0.5) is 0 Å². The Bertz CT molecular complexity index is 818. The standard InChI is InChI=1S/C25H30O6/c1-19(23(31-20(2)26)14-15-25(27)28-3)24(30-17-22-12-8-5-9-13-22)18-29-16-21-10-6-4-7-11-21/h4-15,19,23-24H,16-18H2,1-3H3/b15-14+/t19-,23-,24+/m1/s1. The second-order valence-electron chi connectivity index (χ2n) is 7.15. The van der Waals surface area contributed by atoms with Gasteiger partial charge in [0, 0.05) is 18.9 Å². The van der Waals surface area contributed by atoms with Gasteiger partial charge in [0.25, 0.3) is 0 Å². The second kappa shape index (κ2) is 13.4. The Kier molecular flexibility index (Phi) is 10.5. The molecule has 0 amide bonds. The molecule has 0 spiro atoms. The fourth-order valence-electron chi connectivity index (χ4n) is 2.96. The zero-order valence-electron chi connectivity index (χ0n) is 18.2. The van der Waals surface area contributed by atoms with E-state index in [1.54, 1.807) is 0 Å². The SMILES string of the molecule is COC(=O)/C=C/[C@@H](OC(C)=O)[C@@H](C)[C@H](COCc1ccccc1)OCc1ccccc1. The first-order valence-corrected chi connectivity index (χ1v) is 10.2. The molecular formula is C25H30O6. The van der Waals surface area contributed by atoms with Crippen LogP contribution in [-0.4, -0.2) is 37.9 Å². The Balaban J connectivity index is 2.10. The lowest BCUT2D eigenvalue weighted by Gasteiger charge is -2.29. The normalized spacial score (nSPS) is 14.0. The third-order valence-electron chi connectivity index (χ3n) is 4.73. The average Bonchev–Trinajstić information content (AvgIpc) is 2.79. The van der Waals surface area contributed by atoms with E-state index in [1.165, 1.54) is 26.2 Å². The van der Waals surface area contributed by atoms with Gasteiger partial charge in [-0.3, -0.25) is 4.79 Å². The number of carbonyl (C=O) groups excluding carboxylic acids is 2. The molecule has 0 bridgehead atoms. The van der Waals surface area contributed by atoms with Gasteiger partial charge >= 0.3 is 11.9 Å². The molecular weight excluding hydrogens is 396 g/mol. The third kappa shape index (κ3) is 9.15. The molecule has 6 nitrogen and oxygen atoms in total. The number of hydrogen-bond acceptors (Lipinski definition) is 6. The van der Waals surface area contributed by atoms with Crippen LogP contribution in [0, 0.1) is 5.92 Å². The Morgan fingerprint density at radius 1 is 0.935 bits per heavy atom. The number of methoxy groups -OCH3 is 1. The molecule has 2 aromatic carbocycles. The van der Waals surface area contributed by atoms with Crippen molar-refractivity contribution in [2.75, 3.05) is 13.7 Å². The van der Waals surface area contributed by atoms with Crippen LogP contribution in [0.5, 0.6) is 0 Å². The van der Waals surface area contributed by atoms with Gasteiger partial charge in [-0.05, 0) is 17.2 Å². The lowest BCUT2D eigenvalue weighted by Crippen LogP contribution is -2.36. The molecule has 166 valence electrons. The number of esters is 2. The van der Waals surface area contributed by atoms with Gasteiger partial charge in [-0.15, -0.1) is 0 Å². The van der Waals surface area contributed by atoms with E-state index in [0.717, 1.165) is 11.1 Å². The molecule has 0 aliphatic carbocycles. The number of rotatable bonds is 12. The zero-order valence-corrected chi connectivity index (χ0v) is 18.2. The highest BCUT2D eigenvalue weighted by molar-refractivity contribution is 5.81. The van der Waals surface area contributed by atoms with Crippen LogP contribution in [0.25, 0.3) is 0 Å². The molecule has 0 aliphatic rings. The molecule has 0 radical (unpaired) electrons. The highest BCUT2D eigenvalue weighted by Crippen LogP contribution is 2.20. The van der Waals surface area contributed by atoms with Crippen molar-refractivity contribution < 1.29 is 28.5 Å². The van der Waals surface area contributed by atoms with Crippen LogP contribution in [0.3, 0.4) is 0 Å². The maximum atomic E-state index is 11.6. The molecule has 0 saturated heterocycles.